The van der Waals surface area contributed by atoms with Crippen LogP contribution in [0.25, 0.3) is 0 Å². The summed E-state index contributed by atoms with van der Waals surface area (Å²) in [5.41, 5.74) is 0.559. The molecule has 7 nitrogen and oxygen atoms in total. The van der Waals surface area contributed by atoms with Crippen molar-refractivity contribution < 1.29 is 14.5 Å². The first-order valence-electron chi connectivity index (χ1n) is 6.48. The monoisotopic (exact) mass is 279 g/mol. The number of rotatable bonds is 5. The zero-order chi connectivity index (χ0) is 14.5. The van der Waals surface area contributed by atoms with Crippen molar-refractivity contribution in [3.05, 3.63) is 33.9 Å². The van der Waals surface area contributed by atoms with Gasteiger partial charge in [-0.15, -0.1) is 0 Å². The van der Waals surface area contributed by atoms with Crippen molar-refractivity contribution in [2.45, 2.75) is 18.9 Å². The molecule has 1 heterocycles. The van der Waals surface area contributed by atoms with Gasteiger partial charge in [-0.25, -0.2) is 0 Å². The molecule has 0 unspecified atom stereocenters. The summed E-state index contributed by atoms with van der Waals surface area (Å²) in [7, 11) is 1.48. The molecule has 1 aliphatic heterocycles. The Labute approximate surface area is 116 Å². The molecule has 1 saturated heterocycles. The number of carbonyl (C=O) groups excluding carboxylic acids is 1. The molecule has 0 saturated carbocycles. The summed E-state index contributed by atoms with van der Waals surface area (Å²) in [6.07, 6.45) is 2.06. The molecule has 1 aliphatic rings. The van der Waals surface area contributed by atoms with Gasteiger partial charge in [0, 0.05) is 31.8 Å². The molecule has 0 aromatic heterocycles. The number of ether oxygens (including phenoxy) is 1. The number of benzene rings is 1. The molecule has 0 spiro atoms. The van der Waals surface area contributed by atoms with E-state index in [2.05, 4.69) is 10.6 Å². The first-order valence-corrected chi connectivity index (χ1v) is 6.48. The summed E-state index contributed by atoms with van der Waals surface area (Å²) in [5.74, 6) is -0.348. The number of nitrogens with one attached hydrogen (secondary N) is 2. The predicted octanol–water partition coefficient (Wildman–Crippen LogP) is 1.55. The van der Waals surface area contributed by atoms with Crippen molar-refractivity contribution in [3.8, 4) is 0 Å². The largest absolute Gasteiger partial charge is 0.377 e. The first kappa shape index (κ1) is 14.3. The number of nitro benzene ring substituents is 1. The second-order valence-corrected chi connectivity index (χ2v) is 4.58. The van der Waals surface area contributed by atoms with E-state index in [1.807, 2.05) is 0 Å². The number of amides is 1. The van der Waals surface area contributed by atoms with Crippen LogP contribution in [-0.2, 0) is 4.74 Å². The van der Waals surface area contributed by atoms with Crippen LogP contribution in [-0.4, -0.2) is 37.1 Å². The highest BCUT2D eigenvalue weighted by atomic mass is 16.6. The molecule has 2 N–H and O–H groups in total. The van der Waals surface area contributed by atoms with Gasteiger partial charge in [-0.1, -0.05) is 0 Å². The summed E-state index contributed by atoms with van der Waals surface area (Å²) in [6, 6.07) is 4.39. The number of nitrogens with zero attached hydrogens (tertiary/aromatic N) is 1. The predicted molar refractivity (Wildman–Crippen MR) is 74.0 cm³/mol. The van der Waals surface area contributed by atoms with Gasteiger partial charge in [-0.2, -0.15) is 0 Å². The highest BCUT2D eigenvalue weighted by Crippen LogP contribution is 2.26. The number of anilines is 1. The van der Waals surface area contributed by atoms with E-state index in [-0.39, 0.29) is 23.3 Å². The highest BCUT2D eigenvalue weighted by Gasteiger charge is 2.20. The SMILES string of the molecule is CNC(=O)c1ccc(NC[C@@H]2CCCO2)c([N+](=O)[O-])c1. The van der Waals surface area contributed by atoms with E-state index in [1.54, 1.807) is 12.1 Å². The molecule has 0 bridgehead atoms. The lowest BCUT2D eigenvalue weighted by molar-refractivity contribution is -0.384. The lowest BCUT2D eigenvalue weighted by Gasteiger charge is -2.12. The fourth-order valence-electron chi connectivity index (χ4n) is 2.15. The van der Waals surface area contributed by atoms with Gasteiger partial charge in [0.2, 0.25) is 0 Å². The Morgan fingerprint density at radius 3 is 2.95 bits per heavy atom. The second kappa shape index (κ2) is 6.33. The van der Waals surface area contributed by atoms with Crippen LogP contribution < -0.4 is 10.6 Å². The molecular weight excluding hydrogens is 262 g/mol. The van der Waals surface area contributed by atoms with Gasteiger partial charge >= 0.3 is 0 Å². The van der Waals surface area contributed by atoms with Crippen LogP contribution in [0, 0.1) is 10.1 Å². The van der Waals surface area contributed by atoms with E-state index in [4.69, 9.17) is 4.74 Å². The summed E-state index contributed by atoms with van der Waals surface area (Å²) in [4.78, 5) is 22.1. The maximum Gasteiger partial charge on any atom is 0.293 e. The molecule has 0 radical (unpaired) electrons. The average Bonchev–Trinajstić information content (AvgIpc) is 2.97. The molecule has 20 heavy (non-hydrogen) atoms. The van der Waals surface area contributed by atoms with Crippen LogP contribution in [0.15, 0.2) is 18.2 Å². The zero-order valence-corrected chi connectivity index (χ0v) is 11.2. The second-order valence-electron chi connectivity index (χ2n) is 4.58. The molecule has 1 aromatic carbocycles. The molecule has 0 aliphatic carbocycles. The molecule has 108 valence electrons. The molecule has 1 aromatic rings. The van der Waals surface area contributed by atoms with Crippen LogP contribution in [0.3, 0.4) is 0 Å². The maximum atomic E-state index is 11.5. The standard InChI is InChI=1S/C13H17N3O4/c1-14-13(17)9-4-5-11(12(7-9)16(18)19)15-8-10-3-2-6-20-10/h4-5,7,10,15H,2-3,6,8H2,1H3,(H,14,17)/t10-/m0/s1. The molecule has 1 fully saturated rings. The first-order chi connectivity index (χ1) is 9.61. The fourth-order valence-corrected chi connectivity index (χ4v) is 2.15. The Morgan fingerprint density at radius 2 is 2.35 bits per heavy atom. The van der Waals surface area contributed by atoms with Crippen molar-refractivity contribution in [2.75, 3.05) is 25.5 Å². The van der Waals surface area contributed by atoms with Crippen molar-refractivity contribution in [1.82, 2.24) is 5.32 Å². The average molecular weight is 279 g/mol. The molecule has 1 atom stereocenters. The van der Waals surface area contributed by atoms with Crippen LogP contribution >= 0.6 is 0 Å². The van der Waals surface area contributed by atoms with Crippen molar-refractivity contribution >= 4 is 17.3 Å². The number of nitro groups is 1. The van der Waals surface area contributed by atoms with Crippen LogP contribution in [0.5, 0.6) is 0 Å². The van der Waals surface area contributed by atoms with Crippen molar-refractivity contribution in [2.24, 2.45) is 0 Å². The van der Waals surface area contributed by atoms with Gasteiger partial charge < -0.3 is 15.4 Å². The van der Waals surface area contributed by atoms with Crippen molar-refractivity contribution in [3.63, 3.8) is 0 Å². The van der Waals surface area contributed by atoms with E-state index in [1.165, 1.54) is 13.1 Å². The lowest BCUT2D eigenvalue weighted by atomic mass is 10.1. The normalized spacial score (nSPS) is 17.8. The summed E-state index contributed by atoms with van der Waals surface area (Å²) in [6.45, 7) is 1.27. The van der Waals surface area contributed by atoms with E-state index in [0.717, 1.165) is 19.4 Å². The Bertz CT molecular complexity index is 512. The Kier molecular flexibility index (Phi) is 4.52. The minimum absolute atomic E-state index is 0.0909. The smallest absolute Gasteiger partial charge is 0.293 e. The summed E-state index contributed by atoms with van der Waals surface area (Å²) in [5, 5.41) is 16.5. The van der Waals surface area contributed by atoms with Crippen LogP contribution in [0.2, 0.25) is 0 Å². The van der Waals surface area contributed by atoms with E-state index >= 15 is 0 Å². The molecule has 1 amide bonds. The minimum atomic E-state index is -0.496. The quantitative estimate of drug-likeness (QED) is 0.630. The van der Waals surface area contributed by atoms with Gasteiger partial charge in [0.25, 0.3) is 11.6 Å². The van der Waals surface area contributed by atoms with Gasteiger partial charge in [-0.05, 0) is 25.0 Å². The van der Waals surface area contributed by atoms with Gasteiger partial charge in [0.1, 0.15) is 5.69 Å². The number of hydrogen-bond acceptors (Lipinski definition) is 5. The topological polar surface area (TPSA) is 93.5 Å². The van der Waals surface area contributed by atoms with Crippen LogP contribution in [0.4, 0.5) is 11.4 Å². The summed E-state index contributed by atoms with van der Waals surface area (Å²) < 4.78 is 5.46. The number of hydrogen-bond donors (Lipinski definition) is 2. The summed E-state index contributed by atoms with van der Waals surface area (Å²) >= 11 is 0. The van der Waals surface area contributed by atoms with Gasteiger partial charge in [0.05, 0.1) is 11.0 Å². The third-order valence-electron chi connectivity index (χ3n) is 3.23. The minimum Gasteiger partial charge on any atom is -0.377 e. The third-order valence-corrected chi connectivity index (χ3v) is 3.23. The van der Waals surface area contributed by atoms with Gasteiger partial charge in [-0.3, -0.25) is 14.9 Å². The molecule has 2 rings (SSSR count). The molecular formula is C13H17N3O4. The fraction of sp³-hybridized carbons (Fsp3) is 0.462. The maximum absolute atomic E-state index is 11.5. The highest BCUT2D eigenvalue weighted by molar-refractivity contribution is 5.95. The Balaban J connectivity index is 2.14. The Morgan fingerprint density at radius 1 is 1.55 bits per heavy atom. The van der Waals surface area contributed by atoms with E-state index < -0.39 is 4.92 Å². The third kappa shape index (κ3) is 3.24. The van der Waals surface area contributed by atoms with Crippen molar-refractivity contribution in [1.29, 1.82) is 0 Å². The van der Waals surface area contributed by atoms with Gasteiger partial charge in [0.15, 0.2) is 0 Å². The van der Waals surface area contributed by atoms with E-state index in [0.29, 0.717) is 12.2 Å². The zero-order valence-electron chi connectivity index (χ0n) is 11.2. The number of carbonyl (C=O) groups is 1. The molecule has 7 heteroatoms. The Hall–Kier alpha value is -2.15. The lowest BCUT2D eigenvalue weighted by Crippen LogP contribution is -2.20. The van der Waals surface area contributed by atoms with E-state index in [9.17, 15) is 14.9 Å². The van der Waals surface area contributed by atoms with Crippen LogP contribution in [0.1, 0.15) is 23.2 Å².